The van der Waals surface area contributed by atoms with Crippen molar-refractivity contribution in [3.63, 3.8) is 0 Å². The van der Waals surface area contributed by atoms with E-state index in [1.165, 1.54) is 0 Å². The van der Waals surface area contributed by atoms with Gasteiger partial charge in [-0.05, 0) is 49.9 Å². The predicted molar refractivity (Wildman–Crippen MR) is 413 cm³/mol. The van der Waals surface area contributed by atoms with E-state index in [2.05, 4.69) is 0 Å². The van der Waals surface area contributed by atoms with Gasteiger partial charge in [0.25, 0.3) is 0 Å². The van der Waals surface area contributed by atoms with Crippen molar-refractivity contribution in [3.05, 3.63) is 0 Å². The Morgan fingerprint density at radius 3 is 0.398 bits per heavy atom. The Balaban J connectivity index is 2.01. The maximum atomic E-state index is 13.2. The number of hydrogen-bond acceptors (Lipinski definition) is 40. The first-order valence-corrected chi connectivity index (χ1v) is 52.8. The molecular formula is C58H118O60P10. The Kier molecular flexibility index (Phi) is 47.4. The van der Waals surface area contributed by atoms with Crippen molar-refractivity contribution in [1.29, 1.82) is 0 Å². The van der Waals surface area contributed by atoms with Crippen molar-refractivity contribution in [2.45, 2.75) is 215 Å². The van der Waals surface area contributed by atoms with Gasteiger partial charge in [0, 0.05) is 140 Å². The topological polar surface area (TPSA) is 852 Å². The van der Waals surface area contributed by atoms with Gasteiger partial charge in [-0.3, -0.25) is 45.2 Å². The lowest BCUT2D eigenvalue weighted by Gasteiger charge is -2.49. The van der Waals surface area contributed by atoms with Gasteiger partial charge in [0.2, 0.25) is 0 Å². The average Bonchev–Trinajstić information content (AvgIpc) is 0.765. The minimum Gasteiger partial charge on any atom is -0.376 e. The molecule has 5 fully saturated rings. The molecule has 0 bridgehead atoms. The number of phosphoric acid groups is 10. The van der Waals surface area contributed by atoms with Gasteiger partial charge in [0.1, 0.15) is 183 Å². The number of hydrogen-bond donors (Lipinski definition) is 20. The van der Waals surface area contributed by atoms with Crippen molar-refractivity contribution in [2.24, 2.45) is 17.8 Å². The lowest BCUT2D eigenvalue weighted by Crippen LogP contribution is -2.66. The van der Waals surface area contributed by atoms with Crippen LogP contribution < -0.4 is 0 Å². The molecule has 0 spiro atoms. The molecule has 8 unspecified atom stereocenters. The van der Waals surface area contributed by atoms with Gasteiger partial charge in [-0.2, -0.15) is 0 Å². The van der Waals surface area contributed by atoms with Crippen molar-refractivity contribution in [2.75, 3.05) is 140 Å². The largest absolute Gasteiger partial charge is 0.470 e. The van der Waals surface area contributed by atoms with E-state index >= 15 is 0 Å². The van der Waals surface area contributed by atoms with Gasteiger partial charge in [0.05, 0.1) is 0 Å². The standard InChI is InChI=1S/C58H118O60P10/c1-89-29-32(92-4)44(40(100-12)49(34(29)94-6)109-119(59,60)61)104-21-16-26(17-22-105-46-42(102-14)55(115-125(77,78)79)58(118-128(86,87)88)56(43(46)103-15)116-126(80,81)82)28(20-25-108-45-33(93-5)30(90-2)35(95-7)50(41(45)101-13)110-120(62,63)64)27(18-23-106-47-51(111-121(65,66)67)36(96-8)31(91-3)37(97-9)52(47)112-122(68,69)70)19-24-107-48-53(113-123(71,72)73)38(98-10)39(99-11)54(114-124(74,75)76)57(48)117-127(83,84)85/h26-58H,16-25H2,1-15H3,(H2,59,60,61)(H2,62,63,64)(H2,65,66,67)(H2,68,69,70)(H2,71,72,73)(H2,74,75,76)(H2,77,78,79)(H2,80,81,82)(H2,83,84,85)(H2,86,87,88)/t26?,27?,28?,29-,30-,31?,32-,33-,34+,35+,36-,37+,38-,39-,40-,41-,42-,43+,44?,45-,46?,47?,48+,49-,50-,51+,52-,53+,54+,55+,56-,57+,58?/m1/s1. The maximum Gasteiger partial charge on any atom is 0.470 e. The Morgan fingerprint density at radius 2 is 0.250 bits per heavy atom. The normalized spacial score (nSPS) is 35.1. The predicted octanol–water partition coefficient (Wildman–Crippen LogP) is -3.22. The molecule has 5 rings (SSSR count). The lowest BCUT2D eigenvalue weighted by molar-refractivity contribution is -0.255. The number of rotatable bonds is 57. The molecule has 33 atom stereocenters. The summed E-state index contributed by atoms with van der Waals surface area (Å²) in [7, 11) is -43.9. The van der Waals surface area contributed by atoms with Crippen LogP contribution in [-0.4, -0.2) is 421 Å². The molecular weight excluding hydrogens is 1970 g/mol. The Morgan fingerprint density at radius 1 is 0.156 bits per heavy atom. The Bertz CT molecular complexity index is 3750. The van der Waals surface area contributed by atoms with Crippen LogP contribution in [-0.2, 0) is 186 Å². The van der Waals surface area contributed by atoms with E-state index in [0.717, 1.165) is 107 Å². The highest BCUT2D eigenvalue weighted by Gasteiger charge is 2.64. The van der Waals surface area contributed by atoms with E-state index in [1.807, 2.05) is 0 Å². The van der Waals surface area contributed by atoms with Crippen LogP contribution in [0.4, 0.5) is 0 Å². The number of ether oxygens (including phenoxy) is 20. The minimum atomic E-state index is -6.12. The summed E-state index contributed by atoms with van der Waals surface area (Å²) in [5, 5.41) is 0. The molecule has 5 aliphatic rings. The van der Waals surface area contributed by atoms with Gasteiger partial charge in [0.15, 0.2) is 0 Å². The molecule has 0 heterocycles. The first kappa shape index (κ1) is 119. The van der Waals surface area contributed by atoms with E-state index < -0.39 is 344 Å². The zero-order valence-electron chi connectivity index (χ0n) is 70.9. The summed E-state index contributed by atoms with van der Waals surface area (Å²) in [5.74, 6) is -4.43. The fourth-order valence-corrected chi connectivity index (χ4v) is 22.7. The SMILES string of the molecule is COC1[C@@H](OC)[C@H](OP(=O)(O)O)C(OCCC(CCO[C@H]2[C@@H](OP(=O)(O)O)[C@H](OC)[C@@H](OC)[C@H](OP(=O)(O)O)[C@H]2OP(=O)(O)O)C(CCO[C@@H]2[C@H](OC)[C@@H](OC)[C@H](OC)[C@@H](OP(=O)(O)O)[C@@H]2OC)C(CCOC2[C@@H](OC)[C@H](OP(=O)(O)O)[C@@H](OC)[C@H](OC)[C@H]2OC)CCOC2[C@@H](OC)[C@H](OP(=O)(O)O)C(OP(=O)(O)O)[C@H](OP(=O)(O)O)[C@H]2OC)[C@H](OP(=O)(O)O)[C@H]1OC. The number of methoxy groups -OCH3 is 15. The fraction of sp³-hybridized carbons (Fsp3) is 1.00. The summed E-state index contributed by atoms with van der Waals surface area (Å²) in [6.45, 7) is -4.42. The Hall–Kier alpha value is 0.300. The van der Waals surface area contributed by atoms with E-state index in [1.54, 1.807) is 0 Å². The molecule has 0 aliphatic heterocycles. The highest BCUT2D eigenvalue weighted by molar-refractivity contribution is 7.48. The van der Waals surface area contributed by atoms with Crippen LogP contribution in [0.2, 0.25) is 0 Å². The molecule has 60 nitrogen and oxygen atoms in total. The van der Waals surface area contributed by atoms with Crippen LogP contribution in [0, 0.1) is 17.8 Å². The van der Waals surface area contributed by atoms with Crippen LogP contribution >= 0.6 is 78.2 Å². The molecule has 70 heteroatoms. The molecule has 20 N–H and O–H groups in total. The lowest BCUT2D eigenvalue weighted by atomic mass is 9.73. The monoisotopic (exact) mass is 2080 g/mol. The molecule has 760 valence electrons. The van der Waals surface area contributed by atoms with Gasteiger partial charge < -0.3 is 193 Å². The first-order chi connectivity index (χ1) is 59.1. The van der Waals surface area contributed by atoms with Crippen LogP contribution in [0.1, 0.15) is 32.1 Å². The van der Waals surface area contributed by atoms with Gasteiger partial charge in [-0.1, -0.05) is 0 Å². The second kappa shape index (κ2) is 51.1. The maximum absolute atomic E-state index is 13.2. The summed E-state index contributed by atoms with van der Waals surface area (Å²) in [5.41, 5.74) is 0. The fourth-order valence-electron chi connectivity index (χ4n) is 17.1. The van der Waals surface area contributed by atoms with Gasteiger partial charge in [-0.15, -0.1) is 0 Å². The van der Waals surface area contributed by atoms with Crippen molar-refractivity contribution < 1.29 is 283 Å². The molecule has 0 aromatic rings. The molecule has 0 aromatic carbocycles. The van der Waals surface area contributed by atoms with Crippen LogP contribution in [0.5, 0.6) is 0 Å². The molecule has 0 radical (unpaired) electrons. The molecule has 0 saturated heterocycles. The third-order valence-corrected chi connectivity index (χ3v) is 26.7. The summed E-state index contributed by atoms with van der Waals surface area (Å²) < 4.78 is 299. The van der Waals surface area contributed by atoms with E-state index in [4.69, 9.17) is 140 Å². The third kappa shape index (κ3) is 34.9. The van der Waals surface area contributed by atoms with E-state index in [9.17, 15) is 144 Å². The van der Waals surface area contributed by atoms with Crippen molar-refractivity contribution >= 4 is 78.2 Å². The second-order valence-corrected chi connectivity index (χ2v) is 40.8. The van der Waals surface area contributed by atoms with Crippen LogP contribution in [0.15, 0.2) is 0 Å². The van der Waals surface area contributed by atoms with Crippen LogP contribution in [0.3, 0.4) is 0 Å². The first-order valence-electron chi connectivity index (χ1n) is 37.5. The summed E-state index contributed by atoms with van der Waals surface area (Å²) in [4.78, 5) is 208. The van der Waals surface area contributed by atoms with E-state index in [-0.39, 0.29) is 0 Å². The number of phosphoric ester groups is 10. The Labute approximate surface area is 731 Å². The highest BCUT2D eigenvalue weighted by Crippen LogP contribution is 2.56. The third-order valence-electron chi connectivity index (χ3n) is 21.6. The minimum absolute atomic E-state index is 0.537. The van der Waals surface area contributed by atoms with Gasteiger partial charge >= 0.3 is 78.2 Å². The quantitative estimate of drug-likeness (QED) is 0.0266. The molecule has 0 aromatic heterocycles. The summed E-state index contributed by atoms with van der Waals surface area (Å²) in [6.07, 6.45) is -62.8. The second-order valence-electron chi connectivity index (χ2n) is 28.9. The van der Waals surface area contributed by atoms with Crippen molar-refractivity contribution in [3.8, 4) is 0 Å². The van der Waals surface area contributed by atoms with Crippen LogP contribution in [0.25, 0.3) is 0 Å². The smallest absolute Gasteiger partial charge is 0.376 e. The molecule has 5 saturated carbocycles. The molecule has 5 aliphatic carbocycles. The summed E-state index contributed by atoms with van der Waals surface area (Å²) >= 11 is 0. The van der Waals surface area contributed by atoms with Gasteiger partial charge in [-0.25, -0.2) is 45.7 Å². The zero-order chi connectivity index (χ0) is 97.3. The summed E-state index contributed by atoms with van der Waals surface area (Å²) in [6, 6.07) is 0. The van der Waals surface area contributed by atoms with E-state index in [0.29, 0.717) is 0 Å². The zero-order valence-corrected chi connectivity index (χ0v) is 79.8. The average molecular weight is 2090 g/mol. The highest BCUT2D eigenvalue weighted by atomic mass is 31.2. The molecule has 0 amide bonds. The van der Waals surface area contributed by atoms with Crippen molar-refractivity contribution in [1.82, 2.24) is 0 Å². The molecule has 128 heavy (non-hydrogen) atoms.